The van der Waals surface area contributed by atoms with Crippen LogP contribution in [0.2, 0.25) is 0 Å². The predicted molar refractivity (Wildman–Crippen MR) is 65.4 cm³/mol. The fraction of sp³-hybridized carbons (Fsp3) is 0.923. The molecule has 0 saturated heterocycles. The first-order chi connectivity index (χ1) is 7.58. The summed E-state index contributed by atoms with van der Waals surface area (Å²) in [6.45, 7) is 9.23. The van der Waals surface area contributed by atoms with Crippen LogP contribution in [0.3, 0.4) is 0 Å². The van der Waals surface area contributed by atoms with Crippen molar-refractivity contribution in [3.63, 3.8) is 0 Å². The fourth-order valence-corrected chi connectivity index (χ4v) is 1.77. The third kappa shape index (κ3) is 6.83. The van der Waals surface area contributed by atoms with Gasteiger partial charge < -0.3 is 9.47 Å². The lowest BCUT2D eigenvalue weighted by Crippen LogP contribution is -2.30. The Morgan fingerprint density at radius 3 is 2.31 bits per heavy atom. The van der Waals surface area contributed by atoms with E-state index in [2.05, 4.69) is 13.8 Å². The SMILES string of the molecule is CCCCC(C)(CCC(=O)OCC)OCC. The monoisotopic (exact) mass is 230 g/mol. The van der Waals surface area contributed by atoms with Gasteiger partial charge in [0.1, 0.15) is 0 Å². The molecule has 0 fully saturated rings. The Labute approximate surface area is 99.5 Å². The zero-order valence-electron chi connectivity index (χ0n) is 11.2. The van der Waals surface area contributed by atoms with E-state index >= 15 is 0 Å². The third-order valence-corrected chi connectivity index (χ3v) is 2.72. The van der Waals surface area contributed by atoms with E-state index in [1.807, 2.05) is 13.8 Å². The molecule has 0 heterocycles. The van der Waals surface area contributed by atoms with E-state index in [1.54, 1.807) is 0 Å². The molecule has 0 aliphatic carbocycles. The topological polar surface area (TPSA) is 35.5 Å². The summed E-state index contributed by atoms with van der Waals surface area (Å²) < 4.78 is 10.7. The molecule has 1 unspecified atom stereocenters. The van der Waals surface area contributed by atoms with Crippen LogP contribution in [0.1, 0.15) is 59.8 Å². The van der Waals surface area contributed by atoms with Gasteiger partial charge in [0.15, 0.2) is 0 Å². The maximum atomic E-state index is 11.3. The third-order valence-electron chi connectivity index (χ3n) is 2.72. The van der Waals surface area contributed by atoms with Gasteiger partial charge in [0.2, 0.25) is 0 Å². The van der Waals surface area contributed by atoms with Crippen LogP contribution < -0.4 is 0 Å². The summed E-state index contributed by atoms with van der Waals surface area (Å²) in [4.78, 5) is 11.3. The van der Waals surface area contributed by atoms with E-state index in [0.29, 0.717) is 19.6 Å². The molecule has 0 rings (SSSR count). The van der Waals surface area contributed by atoms with Crippen LogP contribution >= 0.6 is 0 Å². The Hall–Kier alpha value is -0.570. The molecule has 0 radical (unpaired) electrons. The highest BCUT2D eigenvalue weighted by atomic mass is 16.5. The van der Waals surface area contributed by atoms with Crippen LogP contribution in [-0.2, 0) is 14.3 Å². The molecule has 0 aromatic carbocycles. The molecule has 0 aromatic heterocycles. The molecule has 3 nitrogen and oxygen atoms in total. The number of hydrogen-bond donors (Lipinski definition) is 0. The molecule has 16 heavy (non-hydrogen) atoms. The zero-order valence-corrected chi connectivity index (χ0v) is 11.2. The molecule has 0 spiro atoms. The van der Waals surface area contributed by atoms with E-state index in [1.165, 1.54) is 0 Å². The summed E-state index contributed by atoms with van der Waals surface area (Å²) in [5.74, 6) is -0.120. The van der Waals surface area contributed by atoms with Crippen molar-refractivity contribution in [1.82, 2.24) is 0 Å². The number of esters is 1. The quantitative estimate of drug-likeness (QED) is 0.570. The van der Waals surface area contributed by atoms with E-state index in [-0.39, 0.29) is 11.6 Å². The average molecular weight is 230 g/mol. The van der Waals surface area contributed by atoms with Gasteiger partial charge >= 0.3 is 5.97 Å². The first-order valence-electron chi connectivity index (χ1n) is 6.37. The minimum atomic E-state index is -0.169. The predicted octanol–water partition coefficient (Wildman–Crippen LogP) is 3.32. The van der Waals surface area contributed by atoms with Crippen molar-refractivity contribution in [2.75, 3.05) is 13.2 Å². The van der Waals surface area contributed by atoms with Crippen molar-refractivity contribution in [3.8, 4) is 0 Å². The second-order valence-electron chi connectivity index (χ2n) is 4.29. The van der Waals surface area contributed by atoms with Crippen LogP contribution in [0.5, 0.6) is 0 Å². The van der Waals surface area contributed by atoms with Crippen molar-refractivity contribution >= 4 is 5.97 Å². The fourth-order valence-electron chi connectivity index (χ4n) is 1.77. The van der Waals surface area contributed by atoms with Crippen molar-refractivity contribution < 1.29 is 14.3 Å². The summed E-state index contributed by atoms with van der Waals surface area (Å²) in [6, 6.07) is 0. The molecular weight excluding hydrogens is 204 g/mol. The van der Waals surface area contributed by atoms with Crippen LogP contribution in [0.15, 0.2) is 0 Å². The number of carbonyl (C=O) groups excluding carboxylic acids is 1. The van der Waals surface area contributed by atoms with Gasteiger partial charge in [-0.1, -0.05) is 19.8 Å². The lowest BCUT2D eigenvalue weighted by Gasteiger charge is -2.29. The average Bonchev–Trinajstić information content (AvgIpc) is 2.25. The maximum Gasteiger partial charge on any atom is 0.305 e. The lowest BCUT2D eigenvalue weighted by molar-refractivity contribution is -0.145. The van der Waals surface area contributed by atoms with E-state index < -0.39 is 0 Å². The van der Waals surface area contributed by atoms with Crippen LogP contribution in [0, 0.1) is 0 Å². The number of carbonyl (C=O) groups is 1. The Morgan fingerprint density at radius 1 is 1.12 bits per heavy atom. The van der Waals surface area contributed by atoms with Crippen LogP contribution in [0.25, 0.3) is 0 Å². The van der Waals surface area contributed by atoms with Gasteiger partial charge in [-0.05, 0) is 33.6 Å². The smallest absolute Gasteiger partial charge is 0.305 e. The molecule has 0 aliphatic heterocycles. The van der Waals surface area contributed by atoms with Gasteiger partial charge in [-0.3, -0.25) is 4.79 Å². The zero-order chi connectivity index (χ0) is 12.4. The molecule has 0 saturated carbocycles. The van der Waals surface area contributed by atoms with Crippen LogP contribution in [0.4, 0.5) is 0 Å². The summed E-state index contributed by atoms with van der Waals surface area (Å²) in [5.41, 5.74) is -0.169. The first-order valence-corrected chi connectivity index (χ1v) is 6.37. The molecular formula is C13H26O3. The molecule has 0 aliphatic rings. The minimum absolute atomic E-state index is 0.120. The summed E-state index contributed by atoms with van der Waals surface area (Å²) >= 11 is 0. The highest BCUT2D eigenvalue weighted by Crippen LogP contribution is 2.24. The van der Waals surface area contributed by atoms with E-state index in [9.17, 15) is 4.79 Å². The highest BCUT2D eigenvalue weighted by molar-refractivity contribution is 5.69. The Morgan fingerprint density at radius 2 is 1.81 bits per heavy atom. The van der Waals surface area contributed by atoms with Crippen LogP contribution in [-0.4, -0.2) is 24.8 Å². The molecule has 0 bridgehead atoms. The second-order valence-corrected chi connectivity index (χ2v) is 4.29. The van der Waals surface area contributed by atoms with Gasteiger partial charge in [-0.25, -0.2) is 0 Å². The van der Waals surface area contributed by atoms with Gasteiger partial charge in [0.05, 0.1) is 12.2 Å². The number of unbranched alkanes of at least 4 members (excludes halogenated alkanes) is 1. The van der Waals surface area contributed by atoms with Gasteiger partial charge in [0, 0.05) is 13.0 Å². The largest absolute Gasteiger partial charge is 0.466 e. The highest BCUT2D eigenvalue weighted by Gasteiger charge is 2.25. The molecule has 0 aromatic rings. The molecule has 96 valence electrons. The Kier molecular flexibility index (Phi) is 8.26. The standard InChI is InChI=1S/C13H26O3/c1-5-8-10-13(4,16-7-3)11-9-12(14)15-6-2/h5-11H2,1-4H3. The molecule has 3 heteroatoms. The van der Waals surface area contributed by atoms with Crippen molar-refractivity contribution in [2.24, 2.45) is 0 Å². The normalized spacial score (nSPS) is 14.5. The molecule has 0 amide bonds. The van der Waals surface area contributed by atoms with E-state index in [0.717, 1.165) is 25.7 Å². The van der Waals surface area contributed by atoms with E-state index in [4.69, 9.17) is 9.47 Å². The maximum absolute atomic E-state index is 11.3. The van der Waals surface area contributed by atoms with Crippen molar-refractivity contribution in [1.29, 1.82) is 0 Å². The van der Waals surface area contributed by atoms with Gasteiger partial charge in [-0.15, -0.1) is 0 Å². The number of rotatable bonds is 9. The summed E-state index contributed by atoms with van der Waals surface area (Å²) in [5, 5.41) is 0. The second kappa shape index (κ2) is 8.57. The number of ether oxygens (including phenoxy) is 2. The summed E-state index contributed by atoms with van der Waals surface area (Å²) in [7, 11) is 0. The lowest BCUT2D eigenvalue weighted by atomic mass is 9.93. The van der Waals surface area contributed by atoms with Gasteiger partial charge in [0.25, 0.3) is 0 Å². The molecule has 0 N–H and O–H groups in total. The summed E-state index contributed by atoms with van der Waals surface area (Å²) in [6.07, 6.45) is 4.51. The Bertz CT molecular complexity index is 192. The minimum Gasteiger partial charge on any atom is -0.466 e. The van der Waals surface area contributed by atoms with Gasteiger partial charge in [-0.2, -0.15) is 0 Å². The number of hydrogen-bond acceptors (Lipinski definition) is 3. The molecule has 1 atom stereocenters. The van der Waals surface area contributed by atoms with Crippen molar-refractivity contribution in [3.05, 3.63) is 0 Å². The Balaban J connectivity index is 4.04. The first kappa shape index (κ1) is 15.4. The van der Waals surface area contributed by atoms with Crippen molar-refractivity contribution in [2.45, 2.75) is 65.4 Å².